The minimum atomic E-state index is -0.386. The number of aromatic nitrogens is 2. The number of nitrogens with zero attached hydrogens (tertiary/aromatic N) is 2. The molecule has 0 saturated carbocycles. The van der Waals surface area contributed by atoms with Gasteiger partial charge in [0.05, 0.1) is 19.9 Å². The lowest BCUT2D eigenvalue weighted by atomic mass is 10.4. The second-order valence-corrected chi connectivity index (χ2v) is 3.13. The second kappa shape index (κ2) is 4.22. The lowest BCUT2D eigenvalue weighted by molar-refractivity contribution is 0.0518. The predicted molar refractivity (Wildman–Crippen MR) is 57.7 cm³/mol. The molecule has 0 amide bonds. The Bertz CT molecular complexity index is 519. The summed E-state index contributed by atoms with van der Waals surface area (Å²) in [5.74, 6) is 0.237. The molecule has 0 aliphatic heterocycles. The molecule has 0 fully saturated rings. The van der Waals surface area contributed by atoms with Gasteiger partial charge in [0, 0.05) is 6.20 Å². The Hall–Kier alpha value is -2.04. The van der Waals surface area contributed by atoms with Crippen molar-refractivity contribution in [2.45, 2.75) is 6.92 Å². The molecule has 16 heavy (non-hydrogen) atoms. The molecule has 0 atom stereocenters. The molecule has 2 aromatic rings. The molecule has 0 aliphatic rings. The van der Waals surface area contributed by atoms with Gasteiger partial charge in [-0.1, -0.05) is 0 Å². The maximum absolute atomic E-state index is 11.6. The topological polar surface area (TPSA) is 52.8 Å². The van der Waals surface area contributed by atoms with E-state index in [0.717, 1.165) is 0 Å². The van der Waals surface area contributed by atoms with E-state index in [1.807, 2.05) is 0 Å². The highest BCUT2D eigenvalue weighted by molar-refractivity contribution is 5.88. The van der Waals surface area contributed by atoms with Crippen LogP contribution in [0.3, 0.4) is 0 Å². The van der Waals surface area contributed by atoms with Crippen molar-refractivity contribution < 1.29 is 14.3 Å². The smallest absolute Gasteiger partial charge is 0.356 e. The summed E-state index contributed by atoms with van der Waals surface area (Å²) in [7, 11) is 1.56. The lowest BCUT2D eigenvalue weighted by Crippen LogP contribution is -2.07. The van der Waals surface area contributed by atoms with Crippen molar-refractivity contribution in [1.82, 2.24) is 9.38 Å². The lowest BCUT2D eigenvalue weighted by Gasteiger charge is -2.03. The van der Waals surface area contributed by atoms with Crippen molar-refractivity contribution in [3.8, 4) is 5.75 Å². The van der Waals surface area contributed by atoms with E-state index in [1.165, 1.54) is 6.20 Å². The Kier molecular flexibility index (Phi) is 2.76. The average molecular weight is 220 g/mol. The number of imidazole rings is 1. The number of methoxy groups -OCH3 is 1. The van der Waals surface area contributed by atoms with Crippen LogP contribution in [0.15, 0.2) is 24.5 Å². The van der Waals surface area contributed by atoms with E-state index in [2.05, 4.69) is 4.98 Å². The van der Waals surface area contributed by atoms with Crippen molar-refractivity contribution in [2.24, 2.45) is 0 Å². The maximum atomic E-state index is 11.6. The van der Waals surface area contributed by atoms with Gasteiger partial charge in [0.2, 0.25) is 0 Å². The zero-order chi connectivity index (χ0) is 11.5. The third-order valence-electron chi connectivity index (χ3n) is 2.20. The number of fused-ring (bicyclic) bond motifs is 1. The first kappa shape index (κ1) is 10.5. The molecular weight excluding hydrogens is 208 g/mol. The number of carbonyl (C=O) groups is 1. The molecule has 0 spiro atoms. The molecule has 5 heteroatoms. The van der Waals surface area contributed by atoms with Crippen LogP contribution in [0.25, 0.3) is 5.65 Å². The molecule has 0 radical (unpaired) electrons. The summed E-state index contributed by atoms with van der Waals surface area (Å²) in [6.07, 6.45) is 3.23. The maximum Gasteiger partial charge on any atom is 0.356 e. The largest absolute Gasteiger partial charge is 0.493 e. The third kappa shape index (κ3) is 1.60. The van der Waals surface area contributed by atoms with Crippen LogP contribution in [0.1, 0.15) is 17.4 Å². The number of hydrogen-bond donors (Lipinski definition) is 0. The monoisotopic (exact) mass is 220 g/mol. The highest BCUT2D eigenvalue weighted by Gasteiger charge is 2.14. The number of hydrogen-bond acceptors (Lipinski definition) is 4. The summed E-state index contributed by atoms with van der Waals surface area (Å²) < 4.78 is 11.7. The van der Waals surface area contributed by atoms with E-state index < -0.39 is 0 Å². The zero-order valence-electron chi connectivity index (χ0n) is 9.14. The van der Waals surface area contributed by atoms with Gasteiger partial charge in [-0.15, -0.1) is 0 Å². The molecule has 0 bridgehead atoms. The van der Waals surface area contributed by atoms with Gasteiger partial charge < -0.3 is 9.47 Å². The Morgan fingerprint density at radius 2 is 2.38 bits per heavy atom. The fourth-order valence-corrected chi connectivity index (χ4v) is 1.50. The summed E-state index contributed by atoms with van der Waals surface area (Å²) in [5.41, 5.74) is 1.00. The van der Waals surface area contributed by atoms with E-state index >= 15 is 0 Å². The molecule has 0 saturated heterocycles. The Morgan fingerprint density at radius 3 is 3.06 bits per heavy atom. The van der Waals surface area contributed by atoms with Crippen molar-refractivity contribution in [3.63, 3.8) is 0 Å². The summed E-state index contributed by atoms with van der Waals surface area (Å²) in [5, 5.41) is 0. The van der Waals surface area contributed by atoms with Crippen LogP contribution >= 0.6 is 0 Å². The molecule has 84 valence electrons. The van der Waals surface area contributed by atoms with E-state index in [9.17, 15) is 4.79 Å². The van der Waals surface area contributed by atoms with Crippen molar-refractivity contribution in [1.29, 1.82) is 0 Å². The number of rotatable bonds is 3. The predicted octanol–water partition coefficient (Wildman–Crippen LogP) is 1.52. The fourth-order valence-electron chi connectivity index (χ4n) is 1.50. The summed E-state index contributed by atoms with van der Waals surface area (Å²) >= 11 is 0. The minimum Gasteiger partial charge on any atom is -0.493 e. The molecule has 0 aromatic carbocycles. The van der Waals surface area contributed by atoms with Gasteiger partial charge in [0.15, 0.2) is 17.1 Å². The first-order valence-corrected chi connectivity index (χ1v) is 4.95. The van der Waals surface area contributed by atoms with E-state index in [-0.39, 0.29) is 5.97 Å². The van der Waals surface area contributed by atoms with Crippen LogP contribution in [-0.2, 0) is 4.74 Å². The van der Waals surface area contributed by atoms with Crippen LogP contribution in [0.4, 0.5) is 0 Å². The van der Waals surface area contributed by atoms with E-state index in [0.29, 0.717) is 23.7 Å². The summed E-state index contributed by atoms with van der Waals surface area (Å²) in [6.45, 7) is 2.11. The van der Waals surface area contributed by atoms with Crippen LogP contribution in [0.5, 0.6) is 5.75 Å². The van der Waals surface area contributed by atoms with Gasteiger partial charge in [-0.3, -0.25) is 4.40 Å². The van der Waals surface area contributed by atoms with E-state index in [1.54, 1.807) is 36.8 Å². The Balaban J connectivity index is 2.53. The van der Waals surface area contributed by atoms with Crippen molar-refractivity contribution >= 4 is 11.6 Å². The molecule has 2 rings (SSSR count). The van der Waals surface area contributed by atoms with E-state index in [4.69, 9.17) is 9.47 Å². The SMILES string of the molecule is CCOC(=O)c1cnc2c(OC)cccn12. The van der Waals surface area contributed by atoms with Gasteiger partial charge >= 0.3 is 5.97 Å². The number of esters is 1. The third-order valence-corrected chi connectivity index (χ3v) is 2.20. The molecule has 2 aromatic heterocycles. The first-order chi connectivity index (χ1) is 7.77. The van der Waals surface area contributed by atoms with Gasteiger partial charge in [0.1, 0.15) is 0 Å². The Labute approximate surface area is 92.6 Å². The second-order valence-electron chi connectivity index (χ2n) is 3.13. The molecule has 0 N–H and O–H groups in total. The van der Waals surface area contributed by atoms with Gasteiger partial charge in [-0.2, -0.15) is 0 Å². The van der Waals surface area contributed by atoms with Crippen LogP contribution in [0, 0.1) is 0 Å². The van der Waals surface area contributed by atoms with Crippen LogP contribution in [-0.4, -0.2) is 29.1 Å². The van der Waals surface area contributed by atoms with Crippen molar-refractivity contribution in [3.05, 3.63) is 30.2 Å². The molecule has 5 nitrogen and oxygen atoms in total. The Morgan fingerprint density at radius 1 is 1.56 bits per heavy atom. The average Bonchev–Trinajstić information content (AvgIpc) is 2.72. The zero-order valence-corrected chi connectivity index (χ0v) is 9.14. The van der Waals surface area contributed by atoms with Gasteiger partial charge in [0.25, 0.3) is 0 Å². The minimum absolute atomic E-state index is 0.343. The van der Waals surface area contributed by atoms with Gasteiger partial charge in [-0.25, -0.2) is 9.78 Å². The summed E-state index contributed by atoms with van der Waals surface area (Å²) in [6, 6.07) is 3.58. The first-order valence-electron chi connectivity index (χ1n) is 4.95. The highest BCUT2D eigenvalue weighted by atomic mass is 16.5. The molecular formula is C11H12N2O3. The fraction of sp³-hybridized carbons (Fsp3) is 0.273. The highest BCUT2D eigenvalue weighted by Crippen LogP contribution is 2.19. The van der Waals surface area contributed by atoms with Crippen LogP contribution < -0.4 is 4.74 Å². The molecule has 0 unspecified atom stereocenters. The van der Waals surface area contributed by atoms with Crippen LogP contribution in [0.2, 0.25) is 0 Å². The molecule has 2 heterocycles. The normalized spacial score (nSPS) is 10.4. The summed E-state index contributed by atoms with van der Waals surface area (Å²) in [4.78, 5) is 15.7. The van der Waals surface area contributed by atoms with Gasteiger partial charge in [-0.05, 0) is 19.1 Å². The number of ether oxygens (including phenoxy) is 2. The number of pyridine rings is 1. The number of carbonyl (C=O) groups excluding carboxylic acids is 1. The quantitative estimate of drug-likeness (QED) is 0.736. The molecule has 0 aliphatic carbocycles. The van der Waals surface area contributed by atoms with Crippen molar-refractivity contribution in [2.75, 3.05) is 13.7 Å². The standard InChI is InChI=1S/C11H12N2O3/c1-3-16-11(14)8-7-12-10-9(15-2)5-4-6-13(8)10/h4-7H,3H2,1-2H3.